The zero-order valence-corrected chi connectivity index (χ0v) is 16.8. The molecule has 6 heteroatoms. The lowest BCUT2D eigenvalue weighted by atomic mass is 10.0. The molecule has 0 spiro atoms. The molecule has 154 valence electrons. The van der Waals surface area contributed by atoms with Crippen LogP contribution in [0.4, 0.5) is 10.5 Å². The largest absolute Gasteiger partial charge is 0.491 e. The van der Waals surface area contributed by atoms with Crippen molar-refractivity contribution in [2.24, 2.45) is 0 Å². The van der Waals surface area contributed by atoms with Gasteiger partial charge in [0.15, 0.2) is 0 Å². The fourth-order valence-corrected chi connectivity index (χ4v) is 4.03. The lowest BCUT2D eigenvalue weighted by Gasteiger charge is -2.36. The van der Waals surface area contributed by atoms with E-state index in [1.54, 1.807) is 0 Å². The minimum atomic E-state index is -0.105. The molecule has 0 saturated carbocycles. The van der Waals surface area contributed by atoms with Gasteiger partial charge in [0.2, 0.25) is 0 Å². The second-order valence-electron chi connectivity index (χ2n) is 7.74. The summed E-state index contributed by atoms with van der Waals surface area (Å²) in [6, 6.07) is 18.5. The van der Waals surface area contributed by atoms with E-state index in [-0.39, 0.29) is 12.1 Å². The number of carbonyl (C=O) groups excluding carboxylic acids is 1. The molecule has 1 unspecified atom stereocenters. The van der Waals surface area contributed by atoms with Gasteiger partial charge < -0.3 is 20.3 Å². The third kappa shape index (κ3) is 5.41. The van der Waals surface area contributed by atoms with E-state index < -0.39 is 0 Å². The molecule has 0 radical (unpaired) electrons. The van der Waals surface area contributed by atoms with Gasteiger partial charge in [-0.3, -0.25) is 4.90 Å². The van der Waals surface area contributed by atoms with Gasteiger partial charge in [-0.05, 0) is 43.1 Å². The van der Waals surface area contributed by atoms with Crippen molar-refractivity contribution >= 4 is 11.7 Å². The van der Waals surface area contributed by atoms with Gasteiger partial charge in [-0.1, -0.05) is 36.4 Å². The van der Waals surface area contributed by atoms with Crippen LogP contribution in [0.2, 0.25) is 0 Å². The predicted octanol–water partition coefficient (Wildman–Crippen LogP) is 2.50. The standard InChI is InChI=1S/C23H30N4O2/c28-23(25-20-17-19-7-4-5-10-22(19)29-18-20)24-11-6-12-26-13-15-27(16-14-26)21-8-2-1-3-9-21/h1-5,7-10,20H,6,11-18H2,(H2,24,25,28). The fourth-order valence-electron chi connectivity index (χ4n) is 4.03. The number of hydrogen-bond acceptors (Lipinski definition) is 4. The maximum Gasteiger partial charge on any atom is 0.315 e. The molecule has 1 fully saturated rings. The van der Waals surface area contributed by atoms with Crippen molar-refractivity contribution in [2.45, 2.75) is 18.9 Å². The Morgan fingerprint density at radius 1 is 1.00 bits per heavy atom. The number of ether oxygens (including phenoxy) is 1. The summed E-state index contributed by atoms with van der Waals surface area (Å²) < 4.78 is 5.73. The summed E-state index contributed by atoms with van der Waals surface area (Å²) in [7, 11) is 0. The van der Waals surface area contributed by atoms with Crippen molar-refractivity contribution in [3.8, 4) is 5.75 Å². The van der Waals surface area contributed by atoms with Gasteiger partial charge in [0.1, 0.15) is 12.4 Å². The summed E-state index contributed by atoms with van der Waals surface area (Å²) in [6.07, 6.45) is 1.78. The lowest BCUT2D eigenvalue weighted by molar-refractivity contribution is 0.213. The zero-order chi connectivity index (χ0) is 19.9. The van der Waals surface area contributed by atoms with Crippen molar-refractivity contribution in [3.05, 3.63) is 60.2 Å². The number of nitrogens with zero attached hydrogens (tertiary/aromatic N) is 2. The van der Waals surface area contributed by atoms with Gasteiger partial charge in [0.25, 0.3) is 0 Å². The van der Waals surface area contributed by atoms with Crippen molar-refractivity contribution in [1.82, 2.24) is 15.5 Å². The molecule has 0 aliphatic carbocycles. The van der Waals surface area contributed by atoms with Crippen molar-refractivity contribution in [1.29, 1.82) is 0 Å². The van der Waals surface area contributed by atoms with Crippen LogP contribution in [-0.2, 0) is 6.42 Å². The van der Waals surface area contributed by atoms with Crippen LogP contribution in [-0.4, -0.2) is 62.8 Å². The smallest absolute Gasteiger partial charge is 0.315 e. The van der Waals surface area contributed by atoms with E-state index >= 15 is 0 Å². The number of amides is 2. The number of piperazine rings is 1. The number of urea groups is 1. The predicted molar refractivity (Wildman–Crippen MR) is 116 cm³/mol. The quantitative estimate of drug-likeness (QED) is 0.740. The first-order valence-corrected chi connectivity index (χ1v) is 10.6. The summed E-state index contributed by atoms with van der Waals surface area (Å²) in [5.74, 6) is 0.929. The third-order valence-corrected chi connectivity index (χ3v) is 5.64. The number of carbonyl (C=O) groups is 1. The van der Waals surface area contributed by atoms with E-state index in [1.807, 2.05) is 18.2 Å². The highest BCUT2D eigenvalue weighted by Gasteiger charge is 2.21. The monoisotopic (exact) mass is 394 g/mol. The first-order chi connectivity index (χ1) is 14.3. The SMILES string of the molecule is O=C(NCCCN1CCN(c2ccccc2)CC1)NC1COc2ccccc2C1. The molecule has 2 aliphatic rings. The number of hydrogen-bond donors (Lipinski definition) is 2. The summed E-state index contributed by atoms with van der Waals surface area (Å²) in [6.45, 7) is 6.48. The van der Waals surface area contributed by atoms with Crippen LogP contribution in [0.5, 0.6) is 5.75 Å². The molecule has 1 saturated heterocycles. The van der Waals surface area contributed by atoms with Crippen molar-refractivity contribution in [2.75, 3.05) is 50.8 Å². The average Bonchev–Trinajstić information content (AvgIpc) is 2.78. The summed E-state index contributed by atoms with van der Waals surface area (Å²) in [5, 5.41) is 6.01. The Labute approximate surface area is 172 Å². The number of rotatable bonds is 6. The Morgan fingerprint density at radius 2 is 1.76 bits per heavy atom. The molecule has 2 aromatic rings. The van der Waals surface area contributed by atoms with E-state index in [1.165, 1.54) is 5.69 Å². The second-order valence-corrected chi connectivity index (χ2v) is 7.74. The van der Waals surface area contributed by atoms with Gasteiger partial charge >= 0.3 is 6.03 Å². The third-order valence-electron chi connectivity index (χ3n) is 5.64. The molecule has 2 amide bonds. The highest BCUT2D eigenvalue weighted by Crippen LogP contribution is 2.23. The Kier molecular flexibility index (Phi) is 6.52. The fraction of sp³-hybridized carbons (Fsp3) is 0.435. The molecule has 6 nitrogen and oxygen atoms in total. The van der Waals surface area contributed by atoms with Crippen LogP contribution in [0.3, 0.4) is 0 Å². The maximum atomic E-state index is 12.2. The number of fused-ring (bicyclic) bond motifs is 1. The van der Waals surface area contributed by atoms with Gasteiger partial charge in [0, 0.05) is 38.4 Å². The lowest BCUT2D eigenvalue weighted by Crippen LogP contribution is -2.48. The Balaban J connectivity index is 1.10. The highest BCUT2D eigenvalue weighted by molar-refractivity contribution is 5.74. The first kappa shape index (κ1) is 19.6. The molecule has 1 atom stereocenters. The van der Waals surface area contributed by atoms with Crippen molar-refractivity contribution in [3.63, 3.8) is 0 Å². The van der Waals surface area contributed by atoms with E-state index in [9.17, 15) is 4.79 Å². The Morgan fingerprint density at radius 3 is 2.59 bits per heavy atom. The topological polar surface area (TPSA) is 56.8 Å². The minimum absolute atomic E-state index is 0.0240. The zero-order valence-electron chi connectivity index (χ0n) is 16.8. The van der Waals surface area contributed by atoms with E-state index in [4.69, 9.17) is 4.74 Å². The average molecular weight is 395 g/mol. The molecular formula is C23H30N4O2. The molecule has 2 aliphatic heterocycles. The molecule has 29 heavy (non-hydrogen) atoms. The normalized spacial score (nSPS) is 19.2. The van der Waals surface area contributed by atoms with Crippen LogP contribution in [0.15, 0.2) is 54.6 Å². The van der Waals surface area contributed by atoms with Gasteiger partial charge in [-0.2, -0.15) is 0 Å². The van der Waals surface area contributed by atoms with Crippen LogP contribution in [0.1, 0.15) is 12.0 Å². The molecule has 0 aromatic heterocycles. The van der Waals surface area contributed by atoms with Crippen LogP contribution >= 0.6 is 0 Å². The molecule has 2 heterocycles. The van der Waals surface area contributed by atoms with Gasteiger partial charge in [-0.25, -0.2) is 4.79 Å². The summed E-state index contributed by atoms with van der Waals surface area (Å²) in [5.41, 5.74) is 2.46. The van der Waals surface area contributed by atoms with Gasteiger partial charge in [-0.15, -0.1) is 0 Å². The number of benzene rings is 2. The number of nitrogens with one attached hydrogen (secondary N) is 2. The Hall–Kier alpha value is -2.73. The minimum Gasteiger partial charge on any atom is -0.491 e. The van der Waals surface area contributed by atoms with Crippen LogP contribution in [0, 0.1) is 0 Å². The van der Waals surface area contributed by atoms with Gasteiger partial charge in [0.05, 0.1) is 6.04 Å². The molecule has 4 rings (SSSR count). The Bertz CT molecular complexity index is 790. The number of anilines is 1. The molecule has 2 N–H and O–H groups in total. The van der Waals surface area contributed by atoms with Crippen molar-refractivity contribution < 1.29 is 9.53 Å². The van der Waals surface area contributed by atoms with E-state index in [0.717, 1.165) is 56.9 Å². The highest BCUT2D eigenvalue weighted by atomic mass is 16.5. The number of para-hydroxylation sites is 2. The summed E-state index contributed by atoms with van der Waals surface area (Å²) >= 11 is 0. The van der Waals surface area contributed by atoms with E-state index in [2.05, 4.69) is 56.8 Å². The summed E-state index contributed by atoms with van der Waals surface area (Å²) in [4.78, 5) is 17.1. The second kappa shape index (κ2) is 9.65. The molecular weight excluding hydrogens is 364 g/mol. The van der Waals surface area contributed by atoms with E-state index in [0.29, 0.717) is 13.2 Å². The van der Waals surface area contributed by atoms with Crippen LogP contribution in [0.25, 0.3) is 0 Å². The first-order valence-electron chi connectivity index (χ1n) is 10.6. The molecule has 2 aromatic carbocycles. The van der Waals surface area contributed by atoms with Crippen LogP contribution < -0.4 is 20.3 Å². The molecule has 0 bridgehead atoms. The maximum absolute atomic E-state index is 12.2.